The number of nitrogens with zero attached hydrogens (tertiary/aromatic N) is 1. The Hall–Kier alpha value is -2.31. The number of sulfone groups is 1. The molecule has 4 rings (SSSR count). The maximum atomic E-state index is 13.6. The van der Waals surface area contributed by atoms with Crippen molar-refractivity contribution in [2.24, 2.45) is 0 Å². The SMILES string of the molecule is Cc1cc2oc(C(=O)N(Cc3ccc(Cl)cc3)C3CCS(=O)(=O)C3)c(C)c2cc1C. The molecule has 0 radical (unpaired) electrons. The quantitative estimate of drug-likeness (QED) is 0.576. The molecule has 1 fully saturated rings. The summed E-state index contributed by atoms with van der Waals surface area (Å²) in [6, 6.07) is 10.8. The van der Waals surface area contributed by atoms with E-state index in [0.717, 1.165) is 27.6 Å². The summed E-state index contributed by atoms with van der Waals surface area (Å²) < 4.78 is 30.2. The minimum atomic E-state index is -3.15. The van der Waals surface area contributed by atoms with Gasteiger partial charge in [0.15, 0.2) is 15.6 Å². The number of halogens is 1. The van der Waals surface area contributed by atoms with Gasteiger partial charge in [0, 0.05) is 28.6 Å². The first-order valence-corrected chi connectivity index (χ1v) is 12.1. The van der Waals surface area contributed by atoms with Gasteiger partial charge in [-0.05, 0) is 68.1 Å². The van der Waals surface area contributed by atoms with Crippen molar-refractivity contribution in [1.82, 2.24) is 4.90 Å². The molecule has 0 bridgehead atoms. The van der Waals surface area contributed by atoms with Gasteiger partial charge in [-0.1, -0.05) is 23.7 Å². The molecular weight excluding hydrogens is 422 g/mol. The Bertz CT molecular complexity index is 1230. The maximum absolute atomic E-state index is 13.6. The summed E-state index contributed by atoms with van der Waals surface area (Å²) >= 11 is 5.99. The third-order valence-corrected chi connectivity index (χ3v) is 7.93. The highest BCUT2D eigenvalue weighted by Gasteiger charge is 2.36. The molecule has 1 unspecified atom stereocenters. The average Bonchev–Trinajstić information content (AvgIpc) is 3.21. The first-order valence-electron chi connectivity index (χ1n) is 9.91. The highest BCUT2D eigenvalue weighted by Crippen LogP contribution is 2.31. The van der Waals surface area contributed by atoms with Crippen LogP contribution in [0.3, 0.4) is 0 Å². The molecule has 1 aliphatic rings. The van der Waals surface area contributed by atoms with Gasteiger partial charge in [0.25, 0.3) is 5.91 Å². The lowest BCUT2D eigenvalue weighted by molar-refractivity contribution is 0.0649. The molecule has 7 heteroatoms. The molecule has 1 amide bonds. The summed E-state index contributed by atoms with van der Waals surface area (Å²) in [6.07, 6.45) is 0.430. The fraction of sp³-hybridized carbons (Fsp3) is 0.348. The Morgan fingerprint density at radius 3 is 2.43 bits per heavy atom. The lowest BCUT2D eigenvalue weighted by atomic mass is 10.0. The summed E-state index contributed by atoms with van der Waals surface area (Å²) in [5.41, 5.74) is 4.56. The molecule has 2 aromatic carbocycles. The zero-order chi connectivity index (χ0) is 21.6. The Kier molecular flexibility index (Phi) is 5.41. The fourth-order valence-electron chi connectivity index (χ4n) is 3.98. The fourth-order valence-corrected chi connectivity index (χ4v) is 5.84. The van der Waals surface area contributed by atoms with E-state index in [0.29, 0.717) is 23.6 Å². The molecule has 0 aliphatic carbocycles. The number of carbonyl (C=O) groups is 1. The summed E-state index contributed by atoms with van der Waals surface area (Å²) in [5, 5.41) is 1.52. The predicted molar refractivity (Wildman–Crippen MR) is 119 cm³/mol. The number of benzene rings is 2. The van der Waals surface area contributed by atoms with Gasteiger partial charge in [-0.25, -0.2) is 8.42 Å². The number of hydrogen-bond acceptors (Lipinski definition) is 4. The van der Waals surface area contributed by atoms with Crippen molar-refractivity contribution in [2.45, 2.75) is 39.8 Å². The molecule has 0 N–H and O–H groups in total. The van der Waals surface area contributed by atoms with Crippen LogP contribution in [0.25, 0.3) is 11.0 Å². The highest BCUT2D eigenvalue weighted by molar-refractivity contribution is 7.91. The maximum Gasteiger partial charge on any atom is 0.290 e. The van der Waals surface area contributed by atoms with Crippen molar-refractivity contribution in [3.63, 3.8) is 0 Å². The lowest BCUT2D eigenvalue weighted by Gasteiger charge is -2.28. The topological polar surface area (TPSA) is 67.6 Å². The molecule has 2 heterocycles. The van der Waals surface area contributed by atoms with E-state index in [1.54, 1.807) is 17.0 Å². The molecule has 3 aromatic rings. The van der Waals surface area contributed by atoms with Crippen LogP contribution < -0.4 is 0 Å². The Morgan fingerprint density at radius 2 is 1.80 bits per heavy atom. The van der Waals surface area contributed by atoms with Gasteiger partial charge in [-0.2, -0.15) is 0 Å². The largest absolute Gasteiger partial charge is 0.451 e. The van der Waals surface area contributed by atoms with Gasteiger partial charge in [0.05, 0.1) is 11.5 Å². The normalized spacial score (nSPS) is 18.1. The van der Waals surface area contributed by atoms with Crippen LogP contribution in [0, 0.1) is 20.8 Å². The van der Waals surface area contributed by atoms with Gasteiger partial charge >= 0.3 is 0 Å². The number of rotatable bonds is 4. The van der Waals surface area contributed by atoms with E-state index >= 15 is 0 Å². The van der Waals surface area contributed by atoms with E-state index in [-0.39, 0.29) is 29.2 Å². The van der Waals surface area contributed by atoms with Crippen LogP contribution in [0.2, 0.25) is 5.02 Å². The van der Waals surface area contributed by atoms with E-state index in [4.69, 9.17) is 16.0 Å². The number of amides is 1. The van der Waals surface area contributed by atoms with Crippen molar-refractivity contribution in [1.29, 1.82) is 0 Å². The summed E-state index contributed by atoms with van der Waals surface area (Å²) in [4.78, 5) is 15.2. The molecule has 1 saturated heterocycles. The van der Waals surface area contributed by atoms with Crippen molar-refractivity contribution in [3.05, 3.63) is 69.4 Å². The monoisotopic (exact) mass is 445 g/mol. The van der Waals surface area contributed by atoms with Crippen LogP contribution in [0.1, 0.15) is 39.2 Å². The Morgan fingerprint density at radius 1 is 1.13 bits per heavy atom. The van der Waals surface area contributed by atoms with E-state index in [1.165, 1.54) is 0 Å². The number of fused-ring (bicyclic) bond motifs is 1. The standard InChI is InChI=1S/C23H24ClNO4S/c1-14-10-20-16(3)22(29-21(20)11-15(14)2)23(26)25(19-8-9-30(27,28)13-19)12-17-4-6-18(24)7-5-17/h4-7,10-11,19H,8-9,12-13H2,1-3H3. The molecule has 0 saturated carbocycles. The van der Waals surface area contributed by atoms with Gasteiger partial charge in [-0.3, -0.25) is 4.79 Å². The smallest absolute Gasteiger partial charge is 0.290 e. The van der Waals surface area contributed by atoms with E-state index < -0.39 is 9.84 Å². The van der Waals surface area contributed by atoms with Crippen LogP contribution >= 0.6 is 11.6 Å². The second-order valence-corrected chi connectivity index (χ2v) is 10.8. The highest BCUT2D eigenvalue weighted by atomic mass is 35.5. The van der Waals surface area contributed by atoms with Gasteiger partial charge in [-0.15, -0.1) is 0 Å². The van der Waals surface area contributed by atoms with Gasteiger partial charge in [0.2, 0.25) is 0 Å². The van der Waals surface area contributed by atoms with E-state index in [1.807, 2.05) is 45.0 Å². The van der Waals surface area contributed by atoms with E-state index in [9.17, 15) is 13.2 Å². The summed E-state index contributed by atoms with van der Waals surface area (Å²) in [6.45, 7) is 6.20. The van der Waals surface area contributed by atoms with Crippen LogP contribution in [0.4, 0.5) is 0 Å². The summed E-state index contributed by atoms with van der Waals surface area (Å²) in [7, 11) is -3.15. The minimum Gasteiger partial charge on any atom is -0.451 e. The first kappa shape index (κ1) is 20.9. The zero-order valence-corrected chi connectivity index (χ0v) is 18.8. The van der Waals surface area contributed by atoms with Crippen LogP contribution in [0.15, 0.2) is 40.8 Å². The first-order chi connectivity index (χ1) is 14.1. The zero-order valence-electron chi connectivity index (χ0n) is 17.2. The molecule has 1 aliphatic heterocycles. The van der Waals surface area contributed by atoms with Crippen LogP contribution in [0.5, 0.6) is 0 Å². The van der Waals surface area contributed by atoms with E-state index in [2.05, 4.69) is 0 Å². The number of hydrogen-bond donors (Lipinski definition) is 0. The lowest BCUT2D eigenvalue weighted by Crippen LogP contribution is -2.40. The number of carbonyl (C=O) groups excluding carboxylic acids is 1. The van der Waals surface area contributed by atoms with Crippen molar-refractivity contribution >= 4 is 38.3 Å². The Labute approximate surface area is 181 Å². The van der Waals surface area contributed by atoms with Crippen LogP contribution in [-0.4, -0.2) is 36.8 Å². The minimum absolute atomic E-state index is 0.0240. The van der Waals surface area contributed by atoms with Crippen LogP contribution in [-0.2, 0) is 16.4 Å². The molecule has 1 atom stereocenters. The third-order valence-electron chi connectivity index (χ3n) is 5.92. The number of aryl methyl sites for hydroxylation is 3. The predicted octanol–water partition coefficient (Wildman–Crippen LogP) is 4.84. The molecule has 158 valence electrons. The van der Waals surface area contributed by atoms with Gasteiger partial charge < -0.3 is 9.32 Å². The molecule has 5 nitrogen and oxygen atoms in total. The summed E-state index contributed by atoms with van der Waals surface area (Å²) in [5.74, 6) is 0.0629. The third kappa shape index (κ3) is 3.98. The van der Waals surface area contributed by atoms with Crippen molar-refractivity contribution in [3.8, 4) is 0 Å². The van der Waals surface area contributed by atoms with Crippen molar-refractivity contribution < 1.29 is 17.6 Å². The average molecular weight is 446 g/mol. The molecule has 30 heavy (non-hydrogen) atoms. The molecular formula is C23H24ClNO4S. The number of furan rings is 1. The Balaban J connectivity index is 1.74. The van der Waals surface area contributed by atoms with Crippen molar-refractivity contribution in [2.75, 3.05) is 11.5 Å². The second kappa shape index (κ2) is 7.75. The molecule has 1 aromatic heterocycles. The molecule has 0 spiro atoms. The van der Waals surface area contributed by atoms with Gasteiger partial charge in [0.1, 0.15) is 5.58 Å². The second-order valence-electron chi connectivity index (χ2n) is 8.11.